The maximum atomic E-state index is 3.79. The minimum atomic E-state index is 1.01. The lowest BCUT2D eigenvalue weighted by Gasteiger charge is -2.27. The summed E-state index contributed by atoms with van der Waals surface area (Å²) in [7, 11) is 0. The quantitative estimate of drug-likeness (QED) is 0.0674. The molecular weight excluding hydrogens is 745 g/mol. The first-order valence-corrected chi connectivity index (χ1v) is 23.6. The van der Waals surface area contributed by atoms with Crippen LogP contribution >= 0.6 is 0 Å². The highest BCUT2D eigenvalue weighted by Gasteiger charge is 2.27. The average molecular weight is 803 g/mol. The van der Waals surface area contributed by atoms with Crippen molar-refractivity contribution >= 4 is 0 Å². The molecule has 2 aliphatic carbocycles. The molecule has 0 aromatic heterocycles. The lowest BCUT2D eigenvalue weighted by atomic mass is 9.76. The van der Waals surface area contributed by atoms with Crippen molar-refractivity contribution in [3.05, 3.63) is 179 Å². The van der Waals surface area contributed by atoms with Gasteiger partial charge in [-0.1, -0.05) is 223 Å². The van der Waals surface area contributed by atoms with Gasteiger partial charge >= 0.3 is 0 Å². The first-order chi connectivity index (χ1) is 30.7. The first-order valence-electron chi connectivity index (χ1n) is 23.6. The Balaban J connectivity index is 1.09. The molecule has 0 bridgehead atoms. The van der Waals surface area contributed by atoms with Gasteiger partial charge in [-0.05, 0) is 128 Å². The largest absolute Gasteiger partial charge is 0.0654 e. The Morgan fingerprint density at radius 3 is 1.00 bits per heavy atom. The van der Waals surface area contributed by atoms with Crippen LogP contribution in [0.1, 0.15) is 124 Å². The summed E-state index contributed by atoms with van der Waals surface area (Å²) in [5.41, 5.74) is 22.8. The molecule has 0 nitrogen and oxygen atoms in total. The monoisotopic (exact) mass is 802 g/mol. The minimum Gasteiger partial charge on any atom is -0.0654 e. The molecule has 2 aliphatic rings. The van der Waals surface area contributed by atoms with Crippen LogP contribution in [0, 0.1) is 23.7 Å². The smallest absolute Gasteiger partial charge is 0.0327 e. The average Bonchev–Trinajstić information content (AvgIpc) is 3.31. The van der Waals surface area contributed by atoms with E-state index in [0.717, 1.165) is 47.9 Å². The van der Waals surface area contributed by atoms with Gasteiger partial charge in [0.05, 0.1) is 0 Å². The normalized spacial score (nSPS) is 11.4. The highest BCUT2D eigenvalue weighted by Crippen LogP contribution is 2.53. The van der Waals surface area contributed by atoms with Gasteiger partial charge in [-0.15, -0.1) is 0 Å². The van der Waals surface area contributed by atoms with Crippen molar-refractivity contribution in [1.29, 1.82) is 0 Å². The van der Waals surface area contributed by atoms with Crippen LogP contribution in [0.4, 0.5) is 0 Å². The van der Waals surface area contributed by atoms with Crippen molar-refractivity contribution in [2.45, 2.75) is 104 Å². The predicted molar refractivity (Wildman–Crippen MR) is 265 cm³/mol. The molecule has 0 N–H and O–H groups in total. The van der Waals surface area contributed by atoms with E-state index < -0.39 is 0 Å². The van der Waals surface area contributed by atoms with E-state index in [-0.39, 0.29) is 0 Å². The van der Waals surface area contributed by atoms with Crippen LogP contribution in [0.5, 0.6) is 0 Å². The molecule has 9 rings (SSSR count). The number of rotatable bonds is 16. The van der Waals surface area contributed by atoms with Gasteiger partial charge in [0.15, 0.2) is 0 Å². The first kappa shape index (κ1) is 41.0. The lowest BCUT2D eigenvalue weighted by Crippen LogP contribution is -2.01. The number of aryl methyl sites for hydroxylation is 2. The molecule has 0 amide bonds. The van der Waals surface area contributed by atoms with Gasteiger partial charge in [-0.2, -0.15) is 0 Å². The van der Waals surface area contributed by atoms with E-state index in [2.05, 4.69) is 183 Å². The summed E-state index contributed by atoms with van der Waals surface area (Å²) in [6.07, 6.45) is 17.2. The zero-order chi connectivity index (χ0) is 42.1. The number of benzene rings is 7. The van der Waals surface area contributed by atoms with Gasteiger partial charge in [0, 0.05) is 22.3 Å². The fourth-order valence-corrected chi connectivity index (χ4v) is 9.78. The van der Waals surface area contributed by atoms with Crippen LogP contribution in [0.15, 0.2) is 146 Å². The SMILES string of the molecule is CCCCCCCCc1cc(C#Cc2ccccc2-c2cccc3c2-c2ccccc2-3)c(CCCCCCCC)cc1C#Cc1ccccc1-c1cccc2c1-c1ccccc1-2. The van der Waals surface area contributed by atoms with Crippen molar-refractivity contribution in [1.82, 2.24) is 0 Å². The fourth-order valence-electron chi connectivity index (χ4n) is 9.78. The number of fused-ring (bicyclic) bond motifs is 8. The van der Waals surface area contributed by atoms with Crippen molar-refractivity contribution < 1.29 is 0 Å². The van der Waals surface area contributed by atoms with Crippen LogP contribution in [0.2, 0.25) is 0 Å². The van der Waals surface area contributed by atoms with Crippen LogP contribution in [0.3, 0.4) is 0 Å². The number of hydrogen-bond donors (Lipinski definition) is 0. The van der Waals surface area contributed by atoms with Crippen molar-refractivity contribution in [2.75, 3.05) is 0 Å². The molecule has 0 heterocycles. The number of unbranched alkanes of at least 4 members (excludes halogenated alkanes) is 10. The third-order valence-electron chi connectivity index (χ3n) is 13.1. The second-order valence-electron chi connectivity index (χ2n) is 17.3. The van der Waals surface area contributed by atoms with E-state index in [1.807, 2.05) is 0 Å². The number of hydrogen-bond acceptors (Lipinski definition) is 0. The molecule has 0 aliphatic heterocycles. The Morgan fingerprint density at radius 2 is 0.581 bits per heavy atom. The summed E-state index contributed by atoms with van der Waals surface area (Å²) in [6, 6.07) is 53.3. The van der Waals surface area contributed by atoms with E-state index in [1.54, 1.807) is 0 Å². The van der Waals surface area contributed by atoms with Crippen LogP contribution in [0.25, 0.3) is 66.8 Å². The molecule has 0 unspecified atom stereocenters. The Kier molecular flexibility index (Phi) is 13.0. The molecule has 62 heavy (non-hydrogen) atoms. The fraction of sp³-hybridized carbons (Fsp3) is 0.258. The highest BCUT2D eigenvalue weighted by molar-refractivity contribution is 6.10. The zero-order valence-electron chi connectivity index (χ0n) is 36.8. The van der Waals surface area contributed by atoms with Crippen LogP contribution in [-0.4, -0.2) is 0 Å². The van der Waals surface area contributed by atoms with Gasteiger partial charge in [0.25, 0.3) is 0 Å². The Hall–Kier alpha value is -6.34. The molecule has 0 radical (unpaired) electrons. The lowest BCUT2D eigenvalue weighted by molar-refractivity contribution is 0.605. The summed E-state index contributed by atoms with van der Waals surface area (Å²) in [5.74, 6) is 15.1. The van der Waals surface area contributed by atoms with Gasteiger partial charge < -0.3 is 0 Å². The molecule has 7 aromatic carbocycles. The zero-order valence-corrected chi connectivity index (χ0v) is 36.8. The molecule has 0 fully saturated rings. The van der Waals surface area contributed by atoms with E-state index in [1.165, 1.54) is 142 Å². The summed E-state index contributed by atoms with van der Waals surface area (Å²) in [4.78, 5) is 0. The van der Waals surface area contributed by atoms with Crippen molar-refractivity contribution in [2.24, 2.45) is 0 Å². The van der Waals surface area contributed by atoms with Crippen molar-refractivity contribution in [3.63, 3.8) is 0 Å². The van der Waals surface area contributed by atoms with E-state index >= 15 is 0 Å². The van der Waals surface area contributed by atoms with Gasteiger partial charge in [-0.3, -0.25) is 0 Å². The highest BCUT2D eigenvalue weighted by atomic mass is 14.3. The van der Waals surface area contributed by atoms with E-state index in [4.69, 9.17) is 0 Å². The van der Waals surface area contributed by atoms with Crippen molar-refractivity contribution in [3.8, 4) is 90.4 Å². The second-order valence-corrected chi connectivity index (χ2v) is 17.3. The molecule has 7 aromatic rings. The van der Waals surface area contributed by atoms with Crippen LogP contribution in [-0.2, 0) is 12.8 Å². The van der Waals surface area contributed by atoms with Gasteiger partial charge in [0.1, 0.15) is 0 Å². The van der Waals surface area contributed by atoms with Gasteiger partial charge in [-0.25, -0.2) is 0 Å². The summed E-state index contributed by atoms with van der Waals surface area (Å²) in [6.45, 7) is 4.59. The summed E-state index contributed by atoms with van der Waals surface area (Å²) < 4.78 is 0. The Labute approximate surface area is 371 Å². The molecular formula is C62H58. The van der Waals surface area contributed by atoms with E-state index in [9.17, 15) is 0 Å². The molecule has 0 heteroatoms. The van der Waals surface area contributed by atoms with Crippen LogP contribution < -0.4 is 0 Å². The minimum absolute atomic E-state index is 1.01. The molecule has 0 saturated carbocycles. The third kappa shape index (κ3) is 8.58. The summed E-state index contributed by atoms with van der Waals surface area (Å²) >= 11 is 0. The Morgan fingerprint density at radius 1 is 0.274 bits per heavy atom. The predicted octanol–water partition coefficient (Wildman–Crippen LogP) is 16.9. The topological polar surface area (TPSA) is 0 Å². The standard InChI is InChI=1S/C62H58/c1-3-5-7-9-11-13-27-47-43-50(42-40-46-26-16-18-30-52(46)56-36-24-38-60-54-32-20-22-34-58(54)62(56)60)48(28-14-12-10-8-6-4-2)44-49(47)41-39-45-25-15-17-29-51(45)55-35-23-37-59-53-31-19-21-33-57(53)61(55)59/h15-26,29-38,43-44H,3-14,27-28H2,1-2H3. The summed E-state index contributed by atoms with van der Waals surface area (Å²) in [5, 5.41) is 0. The Bertz CT molecular complexity index is 2640. The maximum absolute atomic E-state index is 3.79. The molecule has 0 saturated heterocycles. The molecule has 0 atom stereocenters. The van der Waals surface area contributed by atoms with E-state index in [0.29, 0.717) is 0 Å². The van der Waals surface area contributed by atoms with Gasteiger partial charge in [0.2, 0.25) is 0 Å². The maximum Gasteiger partial charge on any atom is 0.0327 e. The second kappa shape index (κ2) is 19.6. The molecule has 306 valence electrons. The third-order valence-corrected chi connectivity index (χ3v) is 13.1. The molecule has 0 spiro atoms.